The fourth-order valence-electron chi connectivity index (χ4n) is 3.80. The van der Waals surface area contributed by atoms with Gasteiger partial charge in [-0.15, -0.1) is 0 Å². The largest absolute Gasteiger partial charge is 0.493 e. The van der Waals surface area contributed by atoms with Gasteiger partial charge in [-0.05, 0) is 44.4 Å². The molecule has 1 aliphatic rings. The Hall–Kier alpha value is -2.32. The second kappa shape index (κ2) is 9.75. The number of ether oxygens (including phenoxy) is 3. The van der Waals surface area contributed by atoms with Gasteiger partial charge >= 0.3 is 0 Å². The van der Waals surface area contributed by atoms with E-state index in [0.29, 0.717) is 47.1 Å². The van der Waals surface area contributed by atoms with Crippen LogP contribution in [0.15, 0.2) is 16.7 Å². The molecule has 1 saturated heterocycles. The first-order chi connectivity index (χ1) is 13.7. The Kier molecular flexibility index (Phi) is 7.11. The monoisotopic (exact) mass is 391 g/mol. The summed E-state index contributed by atoms with van der Waals surface area (Å²) in [6.45, 7) is 1.85. The molecule has 0 aliphatic carbocycles. The molecule has 28 heavy (non-hydrogen) atoms. The number of likely N-dealkylation sites (tertiary alicyclic amines) is 1. The molecule has 154 valence electrons. The smallest absolute Gasteiger partial charge is 0.241 e. The van der Waals surface area contributed by atoms with Gasteiger partial charge < -0.3 is 23.8 Å². The molecule has 0 spiro atoms. The lowest BCUT2D eigenvalue weighted by Crippen LogP contribution is -2.39. The van der Waals surface area contributed by atoms with Gasteiger partial charge in [-0.25, -0.2) is 0 Å². The van der Waals surface area contributed by atoms with Crippen molar-refractivity contribution in [3.05, 3.63) is 18.0 Å². The van der Waals surface area contributed by atoms with Crippen molar-refractivity contribution >= 4 is 0 Å². The quantitative estimate of drug-likeness (QED) is 0.698. The zero-order valence-electron chi connectivity index (χ0n) is 16.8. The molecule has 1 aromatic heterocycles. The van der Waals surface area contributed by atoms with Crippen LogP contribution in [0.1, 0.15) is 38.0 Å². The highest BCUT2D eigenvalue weighted by atomic mass is 16.5. The zero-order chi connectivity index (χ0) is 19.9. The number of methoxy groups -OCH3 is 3. The van der Waals surface area contributed by atoms with Crippen LogP contribution < -0.4 is 14.2 Å². The second-order valence-corrected chi connectivity index (χ2v) is 6.88. The van der Waals surface area contributed by atoms with Crippen LogP contribution in [0.3, 0.4) is 0 Å². The highest BCUT2D eigenvalue weighted by Crippen LogP contribution is 2.43. The molecule has 3 rings (SSSR count). The number of piperidine rings is 1. The van der Waals surface area contributed by atoms with E-state index in [1.165, 1.54) is 12.8 Å². The van der Waals surface area contributed by atoms with Gasteiger partial charge in [0.1, 0.15) is 0 Å². The number of aliphatic hydroxyl groups is 1. The maximum atomic E-state index is 9.14. The van der Waals surface area contributed by atoms with E-state index < -0.39 is 0 Å². The molecular weight excluding hydrogens is 362 g/mol. The molecule has 0 amide bonds. The van der Waals surface area contributed by atoms with Crippen LogP contribution in [-0.4, -0.2) is 60.7 Å². The van der Waals surface area contributed by atoms with Crippen molar-refractivity contribution in [1.82, 2.24) is 15.0 Å². The summed E-state index contributed by atoms with van der Waals surface area (Å²) in [5.41, 5.74) is 0.686. The topological polar surface area (TPSA) is 90.1 Å². The van der Waals surface area contributed by atoms with Gasteiger partial charge in [0.25, 0.3) is 0 Å². The van der Waals surface area contributed by atoms with E-state index in [2.05, 4.69) is 15.0 Å². The maximum absolute atomic E-state index is 9.14. The second-order valence-electron chi connectivity index (χ2n) is 6.88. The minimum atomic E-state index is 0.230. The first-order valence-electron chi connectivity index (χ1n) is 9.68. The van der Waals surface area contributed by atoms with Crippen molar-refractivity contribution in [3.63, 3.8) is 0 Å². The van der Waals surface area contributed by atoms with Crippen molar-refractivity contribution in [2.75, 3.05) is 34.5 Å². The van der Waals surface area contributed by atoms with E-state index in [9.17, 15) is 0 Å². The lowest BCUT2D eigenvalue weighted by Gasteiger charge is -2.34. The fraction of sp³-hybridized carbons (Fsp3) is 0.600. The van der Waals surface area contributed by atoms with Gasteiger partial charge in [-0.3, -0.25) is 4.90 Å². The predicted molar refractivity (Wildman–Crippen MR) is 104 cm³/mol. The van der Waals surface area contributed by atoms with E-state index >= 15 is 0 Å². The van der Waals surface area contributed by atoms with E-state index in [-0.39, 0.29) is 6.61 Å². The lowest BCUT2D eigenvalue weighted by atomic mass is 9.98. The summed E-state index contributed by atoms with van der Waals surface area (Å²) in [6.07, 6.45) is 5.34. The van der Waals surface area contributed by atoms with Crippen LogP contribution in [0, 0.1) is 0 Å². The number of aromatic nitrogens is 2. The fourth-order valence-corrected chi connectivity index (χ4v) is 3.80. The minimum absolute atomic E-state index is 0.230. The van der Waals surface area contributed by atoms with Gasteiger partial charge in [0, 0.05) is 12.6 Å². The van der Waals surface area contributed by atoms with Crippen molar-refractivity contribution in [2.45, 2.75) is 44.7 Å². The molecule has 0 radical (unpaired) electrons. The third kappa shape index (κ3) is 4.39. The third-order valence-electron chi connectivity index (χ3n) is 5.20. The number of aliphatic hydroxyl groups excluding tert-OH is 1. The van der Waals surface area contributed by atoms with E-state index in [0.717, 1.165) is 25.8 Å². The Morgan fingerprint density at radius 2 is 1.96 bits per heavy atom. The Morgan fingerprint density at radius 1 is 1.14 bits per heavy atom. The Labute approximate surface area is 165 Å². The van der Waals surface area contributed by atoms with Crippen molar-refractivity contribution in [2.24, 2.45) is 0 Å². The Morgan fingerprint density at radius 3 is 2.68 bits per heavy atom. The summed E-state index contributed by atoms with van der Waals surface area (Å²) in [6, 6.07) is 4.08. The van der Waals surface area contributed by atoms with E-state index in [4.69, 9.17) is 23.8 Å². The summed E-state index contributed by atoms with van der Waals surface area (Å²) in [5, 5.41) is 13.3. The van der Waals surface area contributed by atoms with E-state index in [1.807, 2.05) is 6.07 Å². The first-order valence-corrected chi connectivity index (χ1v) is 9.68. The molecule has 0 bridgehead atoms. The van der Waals surface area contributed by atoms with Gasteiger partial charge in [-0.1, -0.05) is 11.6 Å². The highest BCUT2D eigenvalue weighted by Gasteiger charge is 2.25. The lowest BCUT2D eigenvalue weighted by molar-refractivity contribution is 0.110. The van der Waals surface area contributed by atoms with Crippen LogP contribution in [0.25, 0.3) is 11.4 Å². The van der Waals surface area contributed by atoms with Crippen LogP contribution in [0.2, 0.25) is 0 Å². The Bertz CT molecular complexity index is 764. The molecule has 0 saturated carbocycles. The first kappa shape index (κ1) is 20.4. The van der Waals surface area contributed by atoms with Gasteiger partial charge in [0.05, 0.1) is 33.4 Å². The number of hydrogen-bond acceptors (Lipinski definition) is 8. The van der Waals surface area contributed by atoms with Crippen molar-refractivity contribution in [3.8, 4) is 28.6 Å². The van der Waals surface area contributed by atoms with Crippen LogP contribution in [0.4, 0.5) is 0 Å². The van der Waals surface area contributed by atoms with Gasteiger partial charge in [0.15, 0.2) is 11.5 Å². The number of benzene rings is 1. The molecule has 8 nitrogen and oxygen atoms in total. The predicted octanol–water partition coefficient (Wildman–Crippen LogP) is 2.89. The molecule has 1 aromatic carbocycles. The summed E-state index contributed by atoms with van der Waals surface area (Å²) < 4.78 is 21.8. The summed E-state index contributed by atoms with van der Waals surface area (Å²) >= 11 is 0. The van der Waals surface area contributed by atoms with Crippen molar-refractivity contribution < 1.29 is 23.8 Å². The molecule has 1 N–H and O–H groups in total. The van der Waals surface area contributed by atoms with Crippen molar-refractivity contribution in [1.29, 1.82) is 0 Å². The molecule has 2 heterocycles. The van der Waals surface area contributed by atoms with Crippen LogP contribution in [0.5, 0.6) is 17.2 Å². The Balaban J connectivity index is 1.80. The number of rotatable bonds is 9. The van der Waals surface area contributed by atoms with E-state index in [1.54, 1.807) is 27.4 Å². The molecule has 1 fully saturated rings. The zero-order valence-corrected chi connectivity index (χ0v) is 16.8. The summed E-state index contributed by atoms with van der Waals surface area (Å²) in [4.78, 5) is 6.96. The molecule has 8 heteroatoms. The van der Waals surface area contributed by atoms with Gasteiger partial charge in [-0.2, -0.15) is 4.98 Å². The number of hydrogen-bond donors (Lipinski definition) is 1. The highest BCUT2D eigenvalue weighted by molar-refractivity contribution is 5.71. The summed E-state index contributed by atoms with van der Waals surface area (Å²) in [5.74, 6) is 2.60. The minimum Gasteiger partial charge on any atom is -0.493 e. The molecule has 2 aromatic rings. The molecule has 1 aliphatic heterocycles. The standard InChI is InChI=1S/C20H29N3O5/c1-25-16-10-9-15(18(26-2)19(16)27-3)20-21-17(28-22-20)13-23-11-5-4-7-14(23)8-6-12-24/h9-10,14,24H,4-8,11-13H2,1-3H3. The molecule has 1 atom stereocenters. The molecule has 1 unspecified atom stereocenters. The van der Waals surface area contributed by atoms with Gasteiger partial charge in [0.2, 0.25) is 17.5 Å². The third-order valence-corrected chi connectivity index (χ3v) is 5.20. The van der Waals surface area contributed by atoms with Crippen LogP contribution >= 0.6 is 0 Å². The summed E-state index contributed by atoms with van der Waals surface area (Å²) in [7, 11) is 4.71. The number of nitrogens with zero attached hydrogens (tertiary/aromatic N) is 3. The molecular formula is C20H29N3O5. The van der Waals surface area contributed by atoms with Crippen LogP contribution in [-0.2, 0) is 6.54 Å². The average molecular weight is 391 g/mol. The maximum Gasteiger partial charge on any atom is 0.241 e. The normalized spacial score (nSPS) is 17.5. The average Bonchev–Trinajstić information content (AvgIpc) is 3.20. The SMILES string of the molecule is COc1ccc(-c2noc(CN3CCCCC3CCCO)n2)c(OC)c1OC.